The van der Waals surface area contributed by atoms with Crippen LogP contribution in [0.2, 0.25) is 0 Å². The summed E-state index contributed by atoms with van der Waals surface area (Å²) < 4.78 is 5.33. The van der Waals surface area contributed by atoms with Crippen LogP contribution in [0, 0.1) is 0 Å². The maximum absolute atomic E-state index is 12.4. The number of nitrogens with one attached hydrogen (secondary N) is 3. The molecule has 0 spiro atoms. The Morgan fingerprint density at radius 2 is 1.97 bits per heavy atom. The third kappa shape index (κ3) is 6.47. The number of rotatable bonds is 10. The molecule has 0 saturated carbocycles. The average molecular weight is 473 g/mol. The summed E-state index contributed by atoms with van der Waals surface area (Å²) in [7, 11) is 1.52. The van der Waals surface area contributed by atoms with Crippen molar-refractivity contribution in [2.45, 2.75) is 44.2 Å². The van der Waals surface area contributed by atoms with E-state index in [0.717, 1.165) is 24.8 Å². The van der Waals surface area contributed by atoms with Crippen LogP contribution in [0.25, 0.3) is 0 Å². The number of fused-ring (bicyclic) bond motifs is 1. The van der Waals surface area contributed by atoms with Crippen LogP contribution in [0.1, 0.15) is 41.6 Å². The Balaban J connectivity index is 1.58. The van der Waals surface area contributed by atoms with E-state index in [1.807, 2.05) is 12.1 Å². The van der Waals surface area contributed by atoms with E-state index in [4.69, 9.17) is 15.6 Å². The number of amides is 1. The number of aliphatic carboxylic acids is 2. The summed E-state index contributed by atoms with van der Waals surface area (Å²) in [6, 6.07) is 5.74. The molecular formula is C22H28N6O6. The highest BCUT2D eigenvalue weighted by atomic mass is 16.5. The van der Waals surface area contributed by atoms with Crippen LogP contribution in [0.4, 0.5) is 17.5 Å². The lowest BCUT2D eigenvalue weighted by Gasteiger charge is -2.18. The highest BCUT2D eigenvalue weighted by Crippen LogP contribution is 2.33. The lowest BCUT2D eigenvalue weighted by molar-refractivity contribution is -0.140. The van der Waals surface area contributed by atoms with Crippen LogP contribution in [0.5, 0.6) is 5.88 Å². The molecule has 1 aliphatic heterocycles. The van der Waals surface area contributed by atoms with Crippen LogP contribution < -0.4 is 26.4 Å². The zero-order valence-electron chi connectivity index (χ0n) is 18.7. The first-order valence-electron chi connectivity index (χ1n) is 10.8. The number of nitrogens with two attached hydrogens (primary N) is 1. The first kappa shape index (κ1) is 24.6. The predicted octanol–water partition coefficient (Wildman–Crippen LogP) is 1.34. The number of anilines is 3. The molecule has 2 heterocycles. The Hall–Kier alpha value is -4.09. The van der Waals surface area contributed by atoms with Gasteiger partial charge in [0.1, 0.15) is 11.7 Å². The van der Waals surface area contributed by atoms with Gasteiger partial charge in [-0.3, -0.25) is 9.59 Å². The molecule has 1 unspecified atom stereocenters. The second kappa shape index (κ2) is 11.2. The van der Waals surface area contributed by atoms with Gasteiger partial charge < -0.3 is 36.6 Å². The molecule has 3 rings (SSSR count). The standard InChI is InChI=1S/C22H28N6O6/c1-34-20-17-18(27-22(23)28-20)24-11-10-14(25-17)7-4-12-2-5-13(6-3-12)19(31)26-15(21(32)33)8-9-16(29)30/h2-3,5-6,14-15,25H,4,7-11H2,1H3,(H,26,31)(H,29,30)(H,32,33)(H3,23,24,27,28)/t14?,15-/m0/s1. The molecule has 0 radical (unpaired) electrons. The third-order valence-corrected chi connectivity index (χ3v) is 5.47. The number of nitrogens with zero attached hydrogens (tertiary/aromatic N) is 2. The number of aryl methyl sites for hydroxylation is 1. The summed E-state index contributed by atoms with van der Waals surface area (Å²) in [6.45, 7) is 0.704. The fourth-order valence-corrected chi connectivity index (χ4v) is 3.65. The van der Waals surface area contributed by atoms with E-state index >= 15 is 0 Å². The summed E-state index contributed by atoms with van der Waals surface area (Å²) in [5, 5.41) is 27.0. The number of methoxy groups -OCH3 is 1. The number of ether oxygens (including phenoxy) is 1. The number of carboxylic acid groups (broad SMARTS) is 2. The van der Waals surface area contributed by atoms with Gasteiger partial charge in [-0.15, -0.1) is 0 Å². The summed E-state index contributed by atoms with van der Waals surface area (Å²) in [4.78, 5) is 42.7. The molecule has 182 valence electrons. The fourth-order valence-electron chi connectivity index (χ4n) is 3.65. The summed E-state index contributed by atoms with van der Waals surface area (Å²) in [5.74, 6) is -1.86. The maximum atomic E-state index is 12.4. The summed E-state index contributed by atoms with van der Waals surface area (Å²) >= 11 is 0. The van der Waals surface area contributed by atoms with Gasteiger partial charge in [0.2, 0.25) is 11.8 Å². The molecule has 0 saturated heterocycles. The lowest BCUT2D eigenvalue weighted by atomic mass is 10.0. The van der Waals surface area contributed by atoms with Crippen molar-refractivity contribution < 1.29 is 29.3 Å². The SMILES string of the molecule is COc1nc(N)nc2c1NC(CCc1ccc(C(=O)N[C@@H](CCC(=O)O)C(=O)O)cc1)CCN2. The van der Waals surface area contributed by atoms with Crippen LogP contribution in [-0.4, -0.2) is 63.8 Å². The zero-order chi connectivity index (χ0) is 24.7. The molecule has 2 atom stereocenters. The van der Waals surface area contributed by atoms with E-state index in [-0.39, 0.29) is 24.8 Å². The van der Waals surface area contributed by atoms with Crippen molar-refractivity contribution in [1.82, 2.24) is 15.3 Å². The van der Waals surface area contributed by atoms with Crippen molar-refractivity contribution in [2.24, 2.45) is 0 Å². The van der Waals surface area contributed by atoms with E-state index in [2.05, 4.69) is 25.9 Å². The molecule has 34 heavy (non-hydrogen) atoms. The lowest BCUT2D eigenvalue weighted by Crippen LogP contribution is -2.41. The molecule has 1 aliphatic rings. The van der Waals surface area contributed by atoms with Gasteiger partial charge >= 0.3 is 11.9 Å². The van der Waals surface area contributed by atoms with Gasteiger partial charge in [0.25, 0.3) is 5.91 Å². The molecule has 1 aromatic carbocycles. The minimum atomic E-state index is -1.28. The van der Waals surface area contributed by atoms with Crippen molar-refractivity contribution in [3.05, 3.63) is 35.4 Å². The third-order valence-electron chi connectivity index (χ3n) is 5.47. The van der Waals surface area contributed by atoms with Gasteiger partial charge in [-0.25, -0.2) is 4.79 Å². The molecule has 2 aromatic rings. The number of nitrogen functional groups attached to an aromatic ring is 1. The molecule has 12 heteroatoms. The van der Waals surface area contributed by atoms with E-state index in [0.29, 0.717) is 29.5 Å². The predicted molar refractivity (Wildman–Crippen MR) is 124 cm³/mol. The molecule has 1 amide bonds. The van der Waals surface area contributed by atoms with Crippen molar-refractivity contribution >= 4 is 35.3 Å². The number of carbonyl (C=O) groups is 3. The molecule has 7 N–H and O–H groups in total. The number of hydrogen-bond acceptors (Lipinski definition) is 9. The van der Waals surface area contributed by atoms with Crippen molar-refractivity contribution in [3.8, 4) is 5.88 Å². The van der Waals surface area contributed by atoms with E-state index < -0.39 is 23.9 Å². The van der Waals surface area contributed by atoms with Crippen LogP contribution in [0.3, 0.4) is 0 Å². The molecule has 0 fully saturated rings. The van der Waals surface area contributed by atoms with E-state index in [9.17, 15) is 19.5 Å². The topological polar surface area (TPSA) is 189 Å². The number of carbonyl (C=O) groups excluding carboxylic acids is 1. The van der Waals surface area contributed by atoms with Crippen LogP contribution in [0.15, 0.2) is 24.3 Å². The van der Waals surface area contributed by atoms with Crippen molar-refractivity contribution in [3.63, 3.8) is 0 Å². The Kier molecular flexibility index (Phi) is 8.06. The highest BCUT2D eigenvalue weighted by Gasteiger charge is 2.23. The highest BCUT2D eigenvalue weighted by molar-refractivity contribution is 5.96. The zero-order valence-corrected chi connectivity index (χ0v) is 18.7. The fraction of sp³-hybridized carbons (Fsp3) is 0.409. The maximum Gasteiger partial charge on any atom is 0.326 e. The largest absolute Gasteiger partial charge is 0.481 e. The minimum absolute atomic E-state index is 0.128. The summed E-state index contributed by atoms with van der Waals surface area (Å²) in [5.41, 5.74) is 7.71. The molecular weight excluding hydrogens is 444 g/mol. The Bertz CT molecular complexity index is 1040. The van der Waals surface area contributed by atoms with E-state index in [1.54, 1.807) is 12.1 Å². The molecule has 12 nitrogen and oxygen atoms in total. The number of hydrogen-bond donors (Lipinski definition) is 6. The van der Waals surface area contributed by atoms with Crippen molar-refractivity contribution in [1.29, 1.82) is 0 Å². The van der Waals surface area contributed by atoms with Gasteiger partial charge in [-0.05, 0) is 43.4 Å². The van der Waals surface area contributed by atoms with E-state index in [1.165, 1.54) is 7.11 Å². The van der Waals surface area contributed by atoms with Gasteiger partial charge in [-0.1, -0.05) is 12.1 Å². The van der Waals surface area contributed by atoms with Crippen LogP contribution >= 0.6 is 0 Å². The van der Waals surface area contributed by atoms with Crippen LogP contribution in [-0.2, 0) is 16.0 Å². The average Bonchev–Trinajstić information content (AvgIpc) is 3.01. The van der Waals surface area contributed by atoms with Gasteiger partial charge in [-0.2, -0.15) is 9.97 Å². The first-order valence-corrected chi connectivity index (χ1v) is 10.8. The van der Waals surface area contributed by atoms with Gasteiger partial charge in [0, 0.05) is 24.6 Å². The van der Waals surface area contributed by atoms with Gasteiger partial charge in [0.15, 0.2) is 5.82 Å². The Labute approximate surface area is 195 Å². The Morgan fingerprint density at radius 1 is 1.24 bits per heavy atom. The second-order valence-electron chi connectivity index (χ2n) is 7.90. The normalized spacial score (nSPS) is 15.6. The first-order chi connectivity index (χ1) is 16.3. The molecule has 0 aliphatic carbocycles. The van der Waals surface area contributed by atoms with Crippen molar-refractivity contribution in [2.75, 3.05) is 30.0 Å². The number of aromatic nitrogens is 2. The van der Waals surface area contributed by atoms with Gasteiger partial charge in [0.05, 0.1) is 7.11 Å². The summed E-state index contributed by atoms with van der Waals surface area (Å²) in [6.07, 6.45) is 1.84. The smallest absolute Gasteiger partial charge is 0.326 e. The molecule has 0 bridgehead atoms. The second-order valence-corrected chi connectivity index (χ2v) is 7.90. The molecule has 1 aromatic heterocycles. The quantitative estimate of drug-likeness (QED) is 0.293. The number of carboxylic acids is 2. The monoisotopic (exact) mass is 472 g/mol. The number of benzene rings is 1. The minimum Gasteiger partial charge on any atom is -0.481 e. The Morgan fingerprint density at radius 3 is 2.62 bits per heavy atom.